The van der Waals surface area contributed by atoms with Crippen molar-refractivity contribution in [2.75, 3.05) is 23.7 Å². The van der Waals surface area contributed by atoms with E-state index in [0.29, 0.717) is 18.7 Å². The van der Waals surface area contributed by atoms with Gasteiger partial charge in [-0.25, -0.2) is 8.42 Å². The molecular formula is C34H45N3O4S. The minimum atomic E-state index is -3.81. The van der Waals surface area contributed by atoms with Gasteiger partial charge in [0.15, 0.2) is 0 Å². The predicted molar refractivity (Wildman–Crippen MR) is 171 cm³/mol. The number of hydrogen-bond acceptors (Lipinski definition) is 4. The molecule has 0 fully saturated rings. The molecule has 42 heavy (non-hydrogen) atoms. The summed E-state index contributed by atoms with van der Waals surface area (Å²) in [6.45, 7) is 10.5. The van der Waals surface area contributed by atoms with E-state index in [4.69, 9.17) is 0 Å². The molecule has 0 aliphatic heterocycles. The largest absolute Gasteiger partial charge is 0.354 e. The average Bonchev–Trinajstić information content (AvgIpc) is 2.94. The van der Waals surface area contributed by atoms with E-state index in [0.717, 1.165) is 45.7 Å². The number of carbonyl (C=O) groups excluding carboxylic acids is 2. The molecule has 0 unspecified atom stereocenters. The van der Waals surface area contributed by atoms with Crippen LogP contribution in [-0.2, 0) is 38.0 Å². The van der Waals surface area contributed by atoms with Gasteiger partial charge in [-0.05, 0) is 47.6 Å². The SMILES string of the molecule is CCCCNC(=O)[C@@H](Cc1ccccc1)N(Cc1ccc(C)cc1)C(=O)CN(c1ccc(C(C)(C)C)cc1)S(C)(=O)=O. The molecule has 0 saturated heterocycles. The van der Waals surface area contributed by atoms with Gasteiger partial charge < -0.3 is 10.2 Å². The second kappa shape index (κ2) is 14.5. The van der Waals surface area contributed by atoms with Gasteiger partial charge in [-0.3, -0.25) is 13.9 Å². The van der Waals surface area contributed by atoms with Gasteiger partial charge >= 0.3 is 0 Å². The van der Waals surface area contributed by atoms with Crippen LogP contribution in [0.3, 0.4) is 0 Å². The Morgan fingerprint density at radius 2 is 1.50 bits per heavy atom. The lowest BCUT2D eigenvalue weighted by Gasteiger charge is -2.33. The lowest BCUT2D eigenvalue weighted by Crippen LogP contribution is -2.53. The quantitative estimate of drug-likeness (QED) is 0.262. The van der Waals surface area contributed by atoms with Crippen LogP contribution in [-0.4, -0.2) is 50.5 Å². The molecule has 0 aliphatic carbocycles. The van der Waals surface area contributed by atoms with E-state index >= 15 is 0 Å². The van der Waals surface area contributed by atoms with Gasteiger partial charge in [0.25, 0.3) is 0 Å². The second-order valence-corrected chi connectivity index (χ2v) is 13.8. The Bertz CT molecular complexity index is 1410. The zero-order valence-electron chi connectivity index (χ0n) is 25.8. The Balaban J connectivity index is 2.02. The first-order valence-electron chi connectivity index (χ1n) is 14.5. The van der Waals surface area contributed by atoms with Crippen molar-refractivity contribution in [2.45, 2.75) is 71.9 Å². The first kappa shape index (κ1) is 32.9. The molecule has 8 heteroatoms. The van der Waals surface area contributed by atoms with Crippen molar-refractivity contribution in [3.63, 3.8) is 0 Å². The number of carbonyl (C=O) groups is 2. The van der Waals surface area contributed by atoms with E-state index in [-0.39, 0.29) is 17.9 Å². The average molecular weight is 592 g/mol. The van der Waals surface area contributed by atoms with Crippen molar-refractivity contribution in [2.24, 2.45) is 0 Å². The fourth-order valence-corrected chi connectivity index (χ4v) is 5.54. The molecule has 0 radical (unpaired) electrons. The second-order valence-electron chi connectivity index (χ2n) is 11.9. The summed E-state index contributed by atoms with van der Waals surface area (Å²) in [5, 5.41) is 3.01. The van der Waals surface area contributed by atoms with E-state index < -0.39 is 28.5 Å². The highest BCUT2D eigenvalue weighted by Crippen LogP contribution is 2.26. The van der Waals surface area contributed by atoms with E-state index in [1.54, 1.807) is 12.1 Å². The van der Waals surface area contributed by atoms with E-state index in [1.807, 2.05) is 73.7 Å². The van der Waals surface area contributed by atoms with Gasteiger partial charge in [0.2, 0.25) is 21.8 Å². The Morgan fingerprint density at radius 3 is 2.05 bits per heavy atom. The van der Waals surface area contributed by atoms with Crippen LogP contribution >= 0.6 is 0 Å². The smallest absolute Gasteiger partial charge is 0.244 e. The van der Waals surface area contributed by atoms with Gasteiger partial charge in [-0.1, -0.05) is 106 Å². The molecule has 0 spiro atoms. The highest BCUT2D eigenvalue weighted by Gasteiger charge is 2.33. The number of amides is 2. The Kier molecular flexibility index (Phi) is 11.3. The molecule has 0 bridgehead atoms. The summed E-state index contributed by atoms with van der Waals surface area (Å²) in [6.07, 6.45) is 3.14. The molecule has 0 heterocycles. The van der Waals surface area contributed by atoms with Gasteiger partial charge in [-0.15, -0.1) is 0 Å². The number of sulfonamides is 1. The van der Waals surface area contributed by atoms with Crippen molar-refractivity contribution in [3.05, 3.63) is 101 Å². The minimum absolute atomic E-state index is 0.106. The molecule has 3 rings (SSSR count). The van der Waals surface area contributed by atoms with Gasteiger partial charge in [0.05, 0.1) is 11.9 Å². The zero-order chi connectivity index (χ0) is 30.9. The predicted octanol–water partition coefficient (Wildman–Crippen LogP) is 5.61. The first-order valence-corrected chi connectivity index (χ1v) is 16.4. The number of nitrogens with one attached hydrogen (secondary N) is 1. The number of nitrogens with zero attached hydrogens (tertiary/aromatic N) is 2. The fourth-order valence-electron chi connectivity index (χ4n) is 4.69. The van der Waals surface area contributed by atoms with Crippen molar-refractivity contribution >= 4 is 27.5 Å². The molecule has 3 aromatic rings. The standard InChI is InChI=1S/C34H45N3O4S/c1-7-8-22-35-33(39)31(23-27-12-10-9-11-13-27)36(24-28-16-14-26(2)15-17-28)32(38)25-37(42(6,40)41)30-20-18-29(19-21-30)34(3,4)5/h9-21,31H,7-8,22-25H2,1-6H3,(H,35,39)/t31-/m1/s1. The summed E-state index contributed by atoms with van der Waals surface area (Å²) < 4.78 is 27.1. The summed E-state index contributed by atoms with van der Waals surface area (Å²) in [4.78, 5) is 29.4. The molecule has 226 valence electrons. The third-order valence-electron chi connectivity index (χ3n) is 7.27. The third-order valence-corrected chi connectivity index (χ3v) is 8.42. The molecule has 2 amide bonds. The number of anilines is 1. The first-order chi connectivity index (χ1) is 19.8. The lowest BCUT2D eigenvalue weighted by atomic mass is 9.87. The molecule has 7 nitrogen and oxygen atoms in total. The molecule has 0 aromatic heterocycles. The summed E-state index contributed by atoms with van der Waals surface area (Å²) in [7, 11) is -3.81. The van der Waals surface area contributed by atoms with Gasteiger partial charge in [0, 0.05) is 19.5 Å². The van der Waals surface area contributed by atoms with E-state index in [1.165, 1.54) is 4.90 Å². The van der Waals surface area contributed by atoms with Gasteiger partial charge in [-0.2, -0.15) is 0 Å². The van der Waals surface area contributed by atoms with Crippen molar-refractivity contribution in [1.29, 1.82) is 0 Å². The van der Waals surface area contributed by atoms with Crippen LogP contribution in [0.1, 0.15) is 62.8 Å². The normalized spacial score (nSPS) is 12.4. The van der Waals surface area contributed by atoms with Gasteiger partial charge in [0.1, 0.15) is 12.6 Å². The maximum Gasteiger partial charge on any atom is 0.244 e. The van der Waals surface area contributed by atoms with Crippen molar-refractivity contribution in [1.82, 2.24) is 10.2 Å². The third kappa shape index (κ3) is 9.44. The Morgan fingerprint density at radius 1 is 0.881 bits per heavy atom. The van der Waals surface area contributed by atoms with Crippen molar-refractivity contribution in [3.8, 4) is 0 Å². The molecular weight excluding hydrogens is 546 g/mol. The Labute approximate surface area is 252 Å². The summed E-state index contributed by atoms with van der Waals surface area (Å²) in [5.74, 6) is -0.708. The van der Waals surface area contributed by atoms with Crippen LogP contribution in [0.5, 0.6) is 0 Å². The summed E-state index contributed by atoms with van der Waals surface area (Å²) >= 11 is 0. The number of rotatable bonds is 13. The monoisotopic (exact) mass is 591 g/mol. The number of unbranched alkanes of at least 4 members (excludes halogenated alkanes) is 1. The highest BCUT2D eigenvalue weighted by atomic mass is 32.2. The van der Waals surface area contributed by atoms with Crippen LogP contribution in [0.25, 0.3) is 0 Å². The molecule has 1 N–H and O–H groups in total. The maximum absolute atomic E-state index is 14.2. The number of benzene rings is 3. The number of aryl methyl sites for hydroxylation is 1. The fraction of sp³-hybridized carbons (Fsp3) is 0.412. The highest BCUT2D eigenvalue weighted by molar-refractivity contribution is 7.92. The van der Waals surface area contributed by atoms with Crippen LogP contribution in [0.15, 0.2) is 78.9 Å². The van der Waals surface area contributed by atoms with E-state index in [9.17, 15) is 18.0 Å². The molecule has 3 aromatic carbocycles. The van der Waals surface area contributed by atoms with Crippen LogP contribution in [0, 0.1) is 6.92 Å². The van der Waals surface area contributed by atoms with Crippen LogP contribution in [0.2, 0.25) is 0 Å². The van der Waals surface area contributed by atoms with Crippen LogP contribution in [0.4, 0.5) is 5.69 Å². The minimum Gasteiger partial charge on any atom is -0.354 e. The van der Waals surface area contributed by atoms with E-state index in [2.05, 4.69) is 33.0 Å². The summed E-state index contributed by atoms with van der Waals surface area (Å²) in [5.41, 5.74) is 4.20. The van der Waals surface area contributed by atoms with Crippen LogP contribution < -0.4 is 9.62 Å². The molecule has 0 aliphatic rings. The summed E-state index contributed by atoms with van der Waals surface area (Å²) in [6, 6.07) is 23.8. The van der Waals surface area contributed by atoms with Crippen molar-refractivity contribution < 1.29 is 18.0 Å². The maximum atomic E-state index is 14.2. The lowest BCUT2D eigenvalue weighted by molar-refractivity contribution is -0.140. The number of hydrogen-bond donors (Lipinski definition) is 1. The zero-order valence-corrected chi connectivity index (χ0v) is 26.6. The Hall–Kier alpha value is -3.65. The molecule has 1 atom stereocenters. The topological polar surface area (TPSA) is 86.8 Å². The molecule has 0 saturated carbocycles.